The standard InChI is InChI=1S/C14H15BrN2O3/c1-3-4-17-14(19)10(8-16)5-9-6-11(15)13(18)12(7-9)20-2/h5-7,18H,3-4H2,1-2H3,(H,17,19)/b10-5+. The first-order valence-electron chi connectivity index (χ1n) is 6.00. The number of nitrogens with zero attached hydrogens (tertiary/aromatic N) is 1. The summed E-state index contributed by atoms with van der Waals surface area (Å²) in [5.74, 6) is -0.187. The summed E-state index contributed by atoms with van der Waals surface area (Å²) < 4.78 is 5.44. The fourth-order valence-electron chi connectivity index (χ4n) is 1.48. The van der Waals surface area contributed by atoms with E-state index in [4.69, 9.17) is 10.00 Å². The number of methoxy groups -OCH3 is 1. The van der Waals surface area contributed by atoms with Crippen LogP contribution in [0.4, 0.5) is 0 Å². The van der Waals surface area contributed by atoms with Crippen LogP contribution >= 0.6 is 15.9 Å². The molecule has 5 nitrogen and oxygen atoms in total. The molecule has 0 aliphatic heterocycles. The summed E-state index contributed by atoms with van der Waals surface area (Å²) in [7, 11) is 1.42. The molecule has 1 aromatic carbocycles. The number of phenolic OH excluding ortho intramolecular Hbond substituents is 1. The molecule has 0 aliphatic carbocycles. The van der Waals surface area contributed by atoms with Crippen LogP contribution in [0.5, 0.6) is 11.5 Å². The highest BCUT2D eigenvalue weighted by molar-refractivity contribution is 9.10. The molecule has 1 amide bonds. The maximum atomic E-state index is 11.7. The summed E-state index contributed by atoms with van der Waals surface area (Å²) in [4.78, 5) is 11.7. The molecule has 0 radical (unpaired) electrons. The lowest BCUT2D eigenvalue weighted by Crippen LogP contribution is -2.25. The van der Waals surface area contributed by atoms with E-state index in [1.54, 1.807) is 12.1 Å². The van der Waals surface area contributed by atoms with E-state index in [9.17, 15) is 9.90 Å². The molecule has 20 heavy (non-hydrogen) atoms. The Balaban J connectivity index is 3.11. The van der Waals surface area contributed by atoms with Gasteiger partial charge in [-0.3, -0.25) is 4.79 Å². The number of carbonyl (C=O) groups excluding carboxylic acids is 1. The monoisotopic (exact) mass is 338 g/mol. The zero-order valence-corrected chi connectivity index (χ0v) is 12.8. The maximum absolute atomic E-state index is 11.7. The molecule has 0 aromatic heterocycles. The second kappa shape index (κ2) is 7.56. The highest BCUT2D eigenvalue weighted by Gasteiger charge is 2.11. The van der Waals surface area contributed by atoms with Crippen LogP contribution in [-0.2, 0) is 4.79 Å². The molecule has 0 atom stereocenters. The molecular formula is C14H15BrN2O3. The number of hydrogen-bond acceptors (Lipinski definition) is 4. The molecule has 0 fully saturated rings. The van der Waals surface area contributed by atoms with Gasteiger partial charge in [-0.15, -0.1) is 0 Å². The minimum atomic E-state index is -0.419. The van der Waals surface area contributed by atoms with Crippen LogP contribution in [0.15, 0.2) is 22.2 Å². The van der Waals surface area contributed by atoms with Crippen LogP contribution in [0.2, 0.25) is 0 Å². The van der Waals surface area contributed by atoms with Crippen molar-refractivity contribution < 1.29 is 14.6 Å². The van der Waals surface area contributed by atoms with Gasteiger partial charge in [0.05, 0.1) is 11.6 Å². The third-order valence-corrected chi connectivity index (χ3v) is 3.09. The normalized spacial score (nSPS) is 10.8. The SMILES string of the molecule is CCCNC(=O)/C(C#N)=C/c1cc(Br)c(O)c(OC)c1. The summed E-state index contributed by atoms with van der Waals surface area (Å²) in [6.45, 7) is 2.44. The van der Waals surface area contributed by atoms with E-state index in [0.717, 1.165) is 6.42 Å². The van der Waals surface area contributed by atoms with Gasteiger partial charge in [-0.1, -0.05) is 6.92 Å². The van der Waals surface area contributed by atoms with Crippen molar-refractivity contribution in [1.29, 1.82) is 5.26 Å². The van der Waals surface area contributed by atoms with E-state index in [1.165, 1.54) is 13.2 Å². The van der Waals surface area contributed by atoms with Gasteiger partial charge in [0.1, 0.15) is 11.6 Å². The minimum Gasteiger partial charge on any atom is -0.503 e. The Kier molecular flexibility index (Phi) is 6.07. The Hall–Kier alpha value is -2.00. The van der Waals surface area contributed by atoms with E-state index in [2.05, 4.69) is 21.2 Å². The number of ether oxygens (including phenoxy) is 1. The number of nitrogens with one attached hydrogen (secondary N) is 1. The lowest BCUT2D eigenvalue weighted by molar-refractivity contribution is -0.117. The number of nitriles is 1. The quantitative estimate of drug-likeness (QED) is 0.638. The topological polar surface area (TPSA) is 82.4 Å². The molecule has 0 spiro atoms. The fraction of sp³-hybridized carbons (Fsp3) is 0.286. The van der Waals surface area contributed by atoms with E-state index < -0.39 is 5.91 Å². The Bertz CT molecular complexity index is 577. The number of benzene rings is 1. The van der Waals surface area contributed by atoms with Crippen molar-refractivity contribution in [2.45, 2.75) is 13.3 Å². The van der Waals surface area contributed by atoms with Gasteiger partial charge in [-0.25, -0.2) is 0 Å². The fourth-order valence-corrected chi connectivity index (χ4v) is 1.94. The number of halogens is 1. The second-order valence-electron chi connectivity index (χ2n) is 3.98. The molecule has 1 aromatic rings. The molecule has 106 valence electrons. The molecule has 0 saturated carbocycles. The summed E-state index contributed by atoms with van der Waals surface area (Å²) in [5.41, 5.74) is 0.577. The van der Waals surface area contributed by atoms with Crippen LogP contribution in [-0.4, -0.2) is 24.7 Å². The van der Waals surface area contributed by atoms with Crippen molar-refractivity contribution in [2.75, 3.05) is 13.7 Å². The Morgan fingerprint density at radius 2 is 2.30 bits per heavy atom. The zero-order chi connectivity index (χ0) is 15.1. The van der Waals surface area contributed by atoms with Crippen LogP contribution in [0, 0.1) is 11.3 Å². The van der Waals surface area contributed by atoms with Crippen molar-refractivity contribution in [3.05, 3.63) is 27.7 Å². The lowest BCUT2D eigenvalue weighted by Gasteiger charge is -2.07. The molecule has 2 N–H and O–H groups in total. The van der Waals surface area contributed by atoms with Gasteiger partial charge in [-0.2, -0.15) is 5.26 Å². The molecule has 0 heterocycles. The summed E-state index contributed by atoms with van der Waals surface area (Å²) in [5, 5.41) is 21.4. The molecule has 0 unspecified atom stereocenters. The van der Waals surface area contributed by atoms with Gasteiger partial charge in [0, 0.05) is 6.54 Å². The van der Waals surface area contributed by atoms with Crippen LogP contribution in [0.3, 0.4) is 0 Å². The lowest BCUT2D eigenvalue weighted by atomic mass is 10.1. The van der Waals surface area contributed by atoms with Gasteiger partial charge in [-0.05, 0) is 46.1 Å². The van der Waals surface area contributed by atoms with Crippen molar-refractivity contribution >= 4 is 27.9 Å². The first kappa shape index (κ1) is 16.1. The molecule has 6 heteroatoms. The average Bonchev–Trinajstić information content (AvgIpc) is 2.45. The van der Waals surface area contributed by atoms with E-state index in [-0.39, 0.29) is 17.1 Å². The van der Waals surface area contributed by atoms with Crippen molar-refractivity contribution in [3.8, 4) is 17.6 Å². The van der Waals surface area contributed by atoms with Gasteiger partial charge >= 0.3 is 0 Å². The van der Waals surface area contributed by atoms with Gasteiger partial charge in [0.2, 0.25) is 0 Å². The number of amides is 1. The minimum absolute atomic E-state index is 0.00177. The molecular weight excluding hydrogens is 324 g/mol. The van der Waals surface area contributed by atoms with Crippen molar-refractivity contribution in [1.82, 2.24) is 5.32 Å². The zero-order valence-electron chi connectivity index (χ0n) is 11.2. The third-order valence-electron chi connectivity index (χ3n) is 2.48. The third kappa shape index (κ3) is 4.00. The Labute approximate surface area is 126 Å². The highest BCUT2D eigenvalue weighted by atomic mass is 79.9. The number of rotatable bonds is 5. The van der Waals surface area contributed by atoms with E-state index >= 15 is 0 Å². The maximum Gasteiger partial charge on any atom is 0.261 e. The molecule has 0 saturated heterocycles. The molecule has 0 bridgehead atoms. The number of aromatic hydroxyl groups is 1. The highest BCUT2D eigenvalue weighted by Crippen LogP contribution is 2.35. The first-order chi connectivity index (χ1) is 9.53. The van der Waals surface area contributed by atoms with Gasteiger partial charge in [0.15, 0.2) is 11.5 Å². The second-order valence-corrected chi connectivity index (χ2v) is 4.83. The van der Waals surface area contributed by atoms with E-state index in [0.29, 0.717) is 16.6 Å². The summed E-state index contributed by atoms with van der Waals surface area (Å²) in [6.07, 6.45) is 2.24. The first-order valence-corrected chi connectivity index (χ1v) is 6.79. The summed E-state index contributed by atoms with van der Waals surface area (Å²) in [6, 6.07) is 5.01. The van der Waals surface area contributed by atoms with Crippen LogP contribution < -0.4 is 10.1 Å². The molecule has 0 aliphatic rings. The van der Waals surface area contributed by atoms with Crippen molar-refractivity contribution in [3.63, 3.8) is 0 Å². The largest absolute Gasteiger partial charge is 0.503 e. The smallest absolute Gasteiger partial charge is 0.261 e. The van der Waals surface area contributed by atoms with Gasteiger partial charge < -0.3 is 15.2 Å². The van der Waals surface area contributed by atoms with Crippen molar-refractivity contribution in [2.24, 2.45) is 0 Å². The summed E-state index contributed by atoms with van der Waals surface area (Å²) >= 11 is 3.19. The van der Waals surface area contributed by atoms with E-state index in [1.807, 2.05) is 13.0 Å². The Morgan fingerprint density at radius 1 is 1.60 bits per heavy atom. The molecule has 1 rings (SSSR count). The Morgan fingerprint density at radius 3 is 2.85 bits per heavy atom. The number of phenols is 1. The van der Waals surface area contributed by atoms with Gasteiger partial charge in [0.25, 0.3) is 5.91 Å². The number of carbonyl (C=O) groups is 1. The van der Waals surface area contributed by atoms with Crippen LogP contribution in [0.25, 0.3) is 6.08 Å². The van der Waals surface area contributed by atoms with Crippen LogP contribution in [0.1, 0.15) is 18.9 Å². The number of hydrogen-bond donors (Lipinski definition) is 2. The predicted octanol–water partition coefficient (Wildman–Crippen LogP) is 2.60. The average molecular weight is 339 g/mol. The predicted molar refractivity (Wildman–Crippen MR) is 79.2 cm³/mol.